The third-order valence-corrected chi connectivity index (χ3v) is 2.14. The third-order valence-electron chi connectivity index (χ3n) is 2.14. The van der Waals surface area contributed by atoms with Crippen LogP contribution in [0.4, 0.5) is 0 Å². The molecule has 0 aliphatic heterocycles. The Hall–Kier alpha value is -2.14. The number of amides is 1. The van der Waals surface area contributed by atoms with E-state index in [1.54, 1.807) is 6.08 Å². The number of aromatic nitrogens is 2. The molecule has 2 aromatic heterocycles. The molecule has 0 spiro atoms. The molecule has 0 aliphatic carbocycles. The molecular formula is C11H11N3O2. The van der Waals surface area contributed by atoms with E-state index in [4.69, 9.17) is 5.21 Å². The van der Waals surface area contributed by atoms with Crippen LogP contribution in [0.1, 0.15) is 11.3 Å². The number of aryl methyl sites for hydroxylation is 1. The summed E-state index contributed by atoms with van der Waals surface area (Å²) in [6.45, 7) is 1.92. The molecule has 0 atom stereocenters. The molecule has 0 aromatic carbocycles. The van der Waals surface area contributed by atoms with E-state index < -0.39 is 5.91 Å². The van der Waals surface area contributed by atoms with Gasteiger partial charge in [-0.25, -0.2) is 10.5 Å². The van der Waals surface area contributed by atoms with Crippen LogP contribution >= 0.6 is 0 Å². The third kappa shape index (κ3) is 2.09. The first-order valence-corrected chi connectivity index (χ1v) is 4.76. The molecule has 0 radical (unpaired) electrons. The van der Waals surface area contributed by atoms with E-state index in [0.717, 1.165) is 16.9 Å². The number of hydrogen-bond acceptors (Lipinski definition) is 3. The summed E-state index contributed by atoms with van der Waals surface area (Å²) in [6, 6.07) is 3.71. The van der Waals surface area contributed by atoms with Gasteiger partial charge >= 0.3 is 0 Å². The normalized spacial score (nSPS) is 11.1. The van der Waals surface area contributed by atoms with Crippen LogP contribution in [0.25, 0.3) is 11.7 Å². The van der Waals surface area contributed by atoms with E-state index in [9.17, 15) is 4.79 Å². The Balaban J connectivity index is 2.32. The predicted molar refractivity (Wildman–Crippen MR) is 58.9 cm³/mol. The van der Waals surface area contributed by atoms with Crippen LogP contribution in [0.2, 0.25) is 0 Å². The molecule has 0 saturated heterocycles. The summed E-state index contributed by atoms with van der Waals surface area (Å²) in [6.07, 6.45) is 6.65. The Morgan fingerprint density at radius 1 is 1.62 bits per heavy atom. The van der Waals surface area contributed by atoms with Gasteiger partial charge in [0.2, 0.25) is 0 Å². The molecule has 5 nitrogen and oxygen atoms in total. The second-order valence-electron chi connectivity index (χ2n) is 3.42. The molecular weight excluding hydrogens is 206 g/mol. The summed E-state index contributed by atoms with van der Waals surface area (Å²) in [7, 11) is 0. The molecule has 2 heterocycles. The van der Waals surface area contributed by atoms with Crippen molar-refractivity contribution in [3.63, 3.8) is 0 Å². The number of nitrogens with one attached hydrogen (secondary N) is 1. The summed E-state index contributed by atoms with van der Waals surface area (Å²) < 4.78 is 1.90. The molecule has 16 heavy (non-hydrogen) atoms. The minimum Gasteiger partial charge on any atom is -0.307 e. The number of carbonyl (C=O) groups excluding carboxylic acids is 1. The lowest BCUT2D eigenvalue weighted by molar-refractivity contribution is -0.124. The van der Waals surface area contributed by atoms with Crippen molar-refractivity contribution in [3.8, 4) is 0 Å². The lowest BCUT2D eigenvalue weighted by atomic mass is 10.2. The molecule has 0 bridgehead atoms. The van der Waals surface area contributed by atoms with E-state index in [2.05, 4.69) is 4.98 Å². The van der Waals surface area contributed by atoms with Gasteiger partial charge < -0.3 is 4.40 Å². The zero-order valence-corrected chi connectivity index (χ0v) is 8.71. The molecule has 0 fully saturated rings. The van der Waals surface area contributed by atoms with Gasteiger partial charge in [0.15, 0.2) is 0 Å². The fourth-order valence-electron chi connectivity index (χ4n) is 1.44. The summed E-state index contributed by atoms with van der Waals surface area (Å²) in [5, 5.41) is 8.32. The van der Waals surface area contributed by atoms with E-state index in [1.165, 1.54) is 11.6 Å². The Bertz CT molecular complexity index is 557. The number of nitrogens with zero attached hydrogens (tertiary/aromatic N) is 2. The lowest BCUT2D eigenvalue weighted by Crippen LogP contribution is -2.14. The molecule has 0 saturated carbocycles. The number of hydrogen-bond donors (Lipinski definition) is 2. The van der Waals surface area contributed by atoms with Crippen molar-refractivity contribution >= 4 is 17.6 Å². The van der Waals surface area contributed by atoms with Crippen molar-refractivity contribution in [2.24, 2.45) is 0 Å². The first kappa shape index (κ1) is 10.4. The van der Waals surface area contributed by atoms with Gasteiger partial charge in [-0.05, 0) is 30.7 Å². The average Bonchev–Trinajstić information content (AvgIpc) is 2.65. The van der Waals surface area contributed by atoms with Crippen molar-refractivity contribution in [1.82, 2.24) is 14.9 Å². The maximum absolute atomic E-state index is 10.8. The molecule has 0 aliphatic rings. The highest BCUT2D eigenvalue weighted by Crippen LogP contribution is 2.09. The fraction of sp³-hybridized carbons (Fsp3) is 0.0909. The highest BCUT2D eigenvalue weighted by Gasteiger charge is 1.98. The smallest absolute Gasteiger partial charge is 0.267 e. The van der Waals surface area contributed by atoms with Crippen LogP contribution in [-0.4, -0.2) is 20.5 Å². The Labute approximate surface area is 92.0 Å². The quantitative estimate of drug-likeness (QED) is 0.450. The topological polar surface area (TPSA) is 66.6 Å². The number of rotatable bonds is 2. The second-order valence-corrected chi connectivity index (χ2v) is 3.42. The molecule has 2 rings (SSSR count). The molecule has 1 amide bonds. The van der Waals surface area contributed by atoms with Crippen LogP contribution in [0.5, 0.6) is 0 Å². The number of carbonyl (C=O) groups is 1. The van der Waals surface area contributed by atoms with Gasteiger partial charge in [0.25, 0.3) is 5.91 Å². The van der Waals surface area contributed by atoms with Gasteiger partial charge in [0.05, 0.1) is 5.69 Å². The van der Waals surface area contributed by atoms with Crippen LogP contribution in [0.3, 0.4) is 0 Å². The van der Waals surface area contributed by atoms with Crippen LogP contribution < -0.4 is 5.48 Å². The minimum atomic E-state index is -0.556. The maximum atomic E-state index is 10.8. The van der Waals surface area contributed by atoms with Crippen molar-refractivity contribution < 1.29 is 10.0 Å². The van der Waals surface area contributed by atoms with Crippen LogP contribution in [0.15, 0.2) is 30.6 Å². The van der Waals surface area contributed by atoms with Crippen molar-refractivity contribution in [2.75, 3.05) is 0 Å². The Kier molecular flexibility index (Phi) is 2.70. The van der Waals surface area contributed by atoms with Gasteiger partial charge in [0, 0.05) is 18.5 Å². The van der Waals surface area contributed by atoms with Crippen LogP contribution in [0, 0.1) is 6.92 Å². The monoisotopic (exact) mass is 217 g/mol. The second kappa shape index (κ2) is 4.16. The van der Waals surface area contributed by atoms with Crippen molar-refractivity contribution in [3.05, 3.63) is 41.9 Å². The standard InChI is InChI=1S/C11H11N3O2/c1-8-7-14-5-4-9(6-10(14)12-8)2-3-11(15)13-16/h2-7,16H,1H3,(H,13,15). The largest absolute Gasteiger partial charge is 0.307 e. The molecule has 0 unspecified atom stereocenters. The summed E-state index contributed by atoms with van der Waals surface area (Å²) in [5.41, 5.74) is 4.14. The molecule has 2 N–H and O–H groups in total. The minimum absolute atomic E-state index is 0.556. The summed E-state index contributed by atoms with van der Waals surface area (Å²) in [5.74, 6) is -0.556. The van der Waals surface area contributed by atoms with Gasteiger partial charge in [-0.15, -0.1) is 0 Å². The Morgan fingerprint density at radius 3 is 3.19 bits per heavy atom. The van der Waals surface area contributed by atoms with Crippen LogP contribution in [-0.2, 0) is 4.79 Å². The predicted octanol–water partition coefficient (Wildman–Crippen LogP) is 1.16. The highest BCUT2D eigenvalue weighted by atomic mass is 16.5. The van der Waals surface area contributed by atoms with E-state index in [-0.39, 0.29) is 0 Å². The molecule has 2 aromatic rings. The highest BCUT2D eigenvalue weighted by molar-refractivity contribution is 5.90. The first-order valence-electron chi connectivity index (χ1n) is 4.76. The van der Waals surface area contributed by atoms with E-state index in [1.807, 2.05) is 35.9 Å². The average molecular weight is 217 g/mol. The lowest BCUT2D eigenvalue weighted by Gasteiger charge is -1.95. The SMILES string of the molecule is Cc1cn2ccc(C=CC(=O)NO)cc2n1. The zero-order valence-electron chi connectivity index (χ0n) is 8.71. The zero-order chi connectivity index (χ0) is 11.5. The van der Waals surface area contributed by atoms with Crippen molar-refractivity contribution in [1.29, 1.82) is 0 Å². The Morgan fingerprint density at radius 2 is 2.44 bits per heavy atom. The number of pyridine rings is 1. The van der Waals surface area contributed by atoms with Gasteiger partial charge in [-0.1, -0.05) is 0 Å². The first-order chi connectivity index (χ1) is 7.69. The number of hydroxylamine groups is 1. The van der Waals surface area contributed by atoms with Crippen molar-refractivity contribution in [2.45, 2.75) is 6.92 Å². The van der Waals surface area contributed by atoms with Gasteiger partial charge in [0.1, 0.15) is 5.65 Å². The summed E-state index contributed by atoms with van der Waals surface area (Å²) >= 11 is 0. The maximum Gasteiger partial charge on any atom is 0.267 e. The van der Waals surface area contributed by atoms with E-state index in [0.29, 0.717) is 0 Å². The van der Waals surface area contributed by atoms with Gasteiger partial charge in [-0.2, -0.15) is 0 Å². The van der Waals surface area contributed by atoms with Gasteiger partial charge in [-0.3, -0.25) is 10.0 Å². The summed E-state index contributed by atoms with van der Waals surface area (Å²) in [4.78, 5) is 15.1. The fourth-order valence-corrected chi connectivity index (χ4v) is 1.44. The number of imidazole rings is 1. The molecule has 82 valence electrons. The van der Waals surface area contributed by atoms with E-state index >= 15 is 0 Å². The number of fused-ring (bicyclic) bond motifs is 1. The molecule has 5 heteroatoms.